The highest BCUT2D eigenvalue weighted by Gasteiger charge is 2.19. The second kappa shape index (κ2) is 9.12. The van der Waals surface area contributed by atoms with E-state index in [9.17, 15) is 4.79 Å². The Morgan fingerprint density at radius 3 is 2.38 bits per heavy atom. The lowest BCUT2D eigenvalue weighted by molar-refractivity contribution is 0.0724. The maximum absolute atomic E-state index is 12.6. The fourth-order valence-electron chi connectivity index (χ4n) is 4.23. The Morgan fingerprint density at radius 1 is 0.931 bits per heavy atom. The number of guanidine groups is 1. The molecule has 0 aliphatic carbocycles. The fourth-order valence-corrected chi connectivity index (χ4v) is 4.23. The highest BCUT2D eigenvalue weighted by molar-refractivity contribution is 5.94. The van der Waals surface area contributed by atoms with Crippen molar-refractivity contribution in [2.24, 2.45) is 4.99 Å². The number of rotatable bonds is 3. The molecule has 0 radical (unpaired) electrons. The van der Waals surface area contributed by atoms with Gasteiger partial charge in [0.05, 0.1) is 0 Å². The van der Waals surface area contributed by atoms with Crippen LogP contribution >= 0.6 is 0 Å². The molecule has 0 aromatic heterocycles. The molecule has 0 spiro atoms. The van der Waals surface area contributed by atoms with E-state index in [-0.39, 0.29) is 5.91 Å². The third kappa shape index (κ3) is 4.61. The predicted octanol–water partition coefficient (Wildman–Crippen LogP) is 3.45. The summed E-state index contributed by atoms with van der Waals surface area (Å²) in [6, 6.07) is 16.6. The Morgan fingerprint density at radius 2 is 1.66 bits per heavy atom. The van der Waals surface area contributed by atoms with Gasteiger partial charge in [-0.3, -0.25) is 9.79 Å². The highest BCUT2D eigenvalue weighted by atomic mass is 16.2. The second-order valence-corrected chi connectivity index (χ2v) is 7.89. The maximum Gasteiger partial charge on any atom is 0.253 e. The van der Waals surface area contributed by atoms with Crippen molar-refractivity contribution in [3.8, 4) is 0 Å². The first-order chi connectivity index (χ1) is 14.2. The van der Waals surface area contributed by atoms with Crippen molar-refractivity contribution in [1.82, 2.24) is 15.1 Å². The van der Waals surface area contributed by atoms with E-state index in [0.717, 1.165) is 62.5 Å². The first-order valence-corrected chi connectivity index (χ1v) is 10.7. The van der Waals surface area contributed by atoms with Crippen LogP contribution in [-0.2, 0) is 19.5 Å². The standard InChI is InChI=1S/C24H30N4O/c1-25-24(28-16-13-20-7-3-4-8-22(20)18-28)26-17-19-9-11-21(12-10-19)23(29)27-14-5-2-6-15-27/h3-4,7-12H,2,5-6,13-18H2,1H3,(H,25,26). The van der Waals surface area contributed by atoms with E-state index in [0.29, 0.717) is 6.54 Å². The number of aliphatic imine (C=N–C) groups is 1. The Labute approximate surface area is 173 Å². The zero-order chi connectivity index (χ0) is 20.1. The van der Waals surface area contributed by atoms with Crippen LogP contribution in [0.15, 0.2) is 53.5 Å². The number of hydrogen-bond acceptors (Lipinski definition) is 2. The van der Waals surface area contributed by atoms with Gasteiger partial charge in [0.1, 0.15) is 0 Å². The Kier molecular flexibility index (Phi) is 6.13. The Balaban J connectivity index is 1.34. The molecular weight excluding hydrogens is 360 g/mol. The molecule has 152 valence electrons. The summed E-state index contributed by atoms with van der Waals surface area (Å²) in [4.78, 5) is 21.4. The average molecular weight is 391 g/mol. The van der Waals surface area contributed by atoms with Gasteiger partial charge < -0.3 is 15.1 Å². The molecule has 0 atom stereocenters. The zero-order valence-electron chi connectivity index (χ0n) is 17.2. The molecule has 2 heterocycles. The molecule has 2 aromatic carbocycles. The number of nitrogens with zero attached hydrogens (tertiary/aromatic N) is 3. The summed E-state index contributed by atoms with van der Waals surface area (Å²) in [5.41, 5.74) is 4.75. The summed E-state index contributed by atoms with van der Waals surface area (Å²) < 4.78 is 0. The van der Waals surface area contributed by atoms with E-state index >= 15 is 0 Å². The third-order valence-corrected chi connectivity index (χ3v) is 5.94. The fraction of sp³-hybridized carbons (Fsp3) is 0.417. The number of hydrogen-bond donors (Lipinski definition) is 1. The van der Waals surface area contributed by atoms with Crippen molar-refractivity contribution in [1.29, 1.82) is 0 Å². The van der Waals surface area contributed by atoms with Gasteiger partial charge in [-0.25, -0.2) is 0 Å². The number of benzene rings is 2. The van der Waals surface area contributed by atoms with Crippen LogP contribution in [0.25, 0.3) is 0 Å². The molecule has 1 fully saturated rings. The van der Waals surface area contributed by atoms with Crippen LogP contribution in [0, 0.1) is 0 Å². The summed E-state index contributed by atoms with van der Waals surface area (Å²) in [6.07, 6.45) is 4.52. The van der Waals surface area contributed by atoms with Crippen molar-refractivity contribution in [2.45, 2.75) is 38.8 Å². The number of fused-ring (bicyclic) bond motifs is 1. The minimum absolute atomic E-state index is 0.159. The first kappa shape index (κ1) is 19.5. The minimum Gasteiger partial charge on any atom is -0.352 e. The van der Waals surface area contributed by atoms with Crippen LogP contribution in [0.5, 0.6) is 0 Å². The monoisotopic (exact) mass is 390 g/mol. The molecule has 1 amide bonds. The van der Waals surface area contributed by atoms with E-state index < -0.39 is 0 Å². The quantitative estimate of drug-likeness (QED) is 0.645. The van der Waals surface area contributed by atoms with Crippen molar-refractivity contribution < 1.29 is 4.79 Å². The summed E-state index contributed by atoms with van der Waals surface area (Å²) in [7, 11) is 1.84. The molecule has 0 bridgehead atoms. The number of amides is 1. The molecule has 0 saturated carbocycles. The van der Waals surface area contributed by atoms with Crippen LogP contribution in [0.4, 0.5) is 0 Å². The lowest BCUT2D eigenvalue weighted by Gasteiger charge is -2.31. The molecule has 0 unspecified atom stereocenters. The van der Waals surface area contributed by atoms with Crippen LogP contribution < -0.4 is 5.32 Å². The van der Waals surface area contributed by atoms with Gasteiger partial charge in [-0.05, 0) is 54.5 Å². The van der Waals surface area contributed by atoms with Crippen molar-refractivity contribution in [2.75, 3.05) is 26.7 Å². The van der Waals surface area contributed by atoms with Crippen molar-refractivity contribution in [3.05, 3.63) is 70.8 Å². The molecule has 1 N–H and O–H groups in total. The van der Waals surface area contributed by atoms with Gasteiger partial charge in [0.25, 0.3) is 5.91 Å². The molecular formula is C24H30N4O. The van der Waals surface area contributed by atoms with Gasteiger partial charge in [-0.1, -0.05) is 36.4 Å². The minimum atomic E-state index is 0.159. The average Bonchev–Trinajstić information content (AvgIpc) is 2.80. The predicted molar refractivity (Wildman–Crippen MR) is 117 cm³/mol. The molecule has 29 heavy (non-hydrogen) atoms. The van der Waals surface area contributed by atoms with Crippen LogP contribution in [0.2, 0.25) is 0 Å². The van der Waals surface area contributed by atoms with Gasteiger partial charge >= 0.3 is 0 Å². The van der Waals surface area contributed by atoms with E-state index in [1.54, 1.807) is 0 Å². The normalized spacial score (nSPS) is 17.1. The van der Waals surface area contributed by atoms with Crippen molar-refractivity contribution in [3.63, 3.8) is 0 Å². The van der Waals surface area contributed by atoms with E-state index in [1.807, 2.05) is 36.2 Å². The number of carbonyl (C=O) groups is 1. The van der Waals surface area contributed by atoms with Crippen LogP contribution in [-0.4, -0.2) is 48.3 Å². The van der Waals surface area contributed by atoms with E-state index in [1.165, 1.54) is 17.5 Å². The van der Waals surface area contributed by atoms with E-state index in [4.69, 9.17) is 0 Å². The number of carbonyl (C=O) groups excluding carboxylic acids is 1. The Bertz CT molecular complexity index is 869. The molecule has 2 aliphatic rings. The van der Waals surface area contributed by atoms with E-state index in [2.05, 4.69) is 39.5 Å². The van der Waals surface area contributed by atoms with Gasteiger partial charge in [0, 0.05) is 45.3 Å². The third-order valence-electron chi connectivity index (χ3n) is 5.94. The molecule has 1 saturated heterocycles. The summed E-state index contributed by atoms with van der Waals surface area (Å²) >= 11 is 0. The van der Waals surface area contributed by atoms with Crippen LogP contribution in [0.3, 0.4) is 0 Å². The first-order valence-electron chi connectivity index (χ1n) is 10.7. The molecule has 5 heteroatoms. The molecule has 5 nitrogen and oxygen atoms in total. The zero-order valence-corrected chi connectivity index (χ0v) is 17.2. The number of nitrogens with one attached hydrogen (secondary N) is 1. The Hall–Kier alpha value is -2.82. The summed E-state index contributed by atoms with van der Waals surface area (Å²) in [5, 5.41) is 3.48. The van der Waals surface area contributed by atoms with Gasteiger partial charge in [-0.2, -0.15) is 0 Å². The SMILES string of the molecule is CN=C(NCc1ccc(C(=O)N2CCCCC2)cc1)N1CCc2ccccc2C1. The number of piperidine rings is 1. The topological polar surface area (TPSA) is 47.9 Å². The lowest BCUT2D eigenvalue weighted by Crippen LogP contribution is -2.43. The van der Waals surface area contributed by atoms with Gasteiger partial charge in [0.2, 0.25) is 0 Å². The summed E-state index contributed by atoms with van der Waals surface area (Å²) in [5.74, 6) is 1.08. The maximum atomic E-state index is 12.6. The molecule has 2 aromatic rings. The summed E-state index contributed by atoms with van der Waals surface area (Å²) in [6.45, 7) is 4.33. The highest BCUT2D eigenvalue weighted by Crippen LogP contribution is 2.19. The van der Waals surface area contributed by atoms with Crippen LogP contribution in [0.1, 0.15) is 46.3 Å². The van der Waals surface area contributed by atoms with Crippen molar-refractivity contribution >= 4 is 11.9 Å². The molecule has 4 rings (SSSR count). The van der Waals surface area contributed by atoms with Gasteiger partial charge in [-0.15, -0.1) is 0 Å². The smallest absolute Gasteiger partial charge is 0.253 e. The van der Waals surface area contributed by atoms with Gasteiger partial charge in [0.15, 0.2) is 5.96 Å². The second-order valence-electron chi connectivity index (χ2n) is 7.89. The molecule has 2 aliphatic heterocycles. The lowest BCUT2D eigenvalue weighted by atomic mass is 10.0. The number of likely N-dealkylation sites (tertiary alicyclic amines) is 1. The largest absolute Gasteiger partial charge is 0.352 e.